The SMILES string of the molecule is Cc1ccccc1NC(=O)NN=Cc1cc(Br)ccc1OCc1ccc(F)cc1. The summed E-state index contributed by atoms with van der Waals surface area (Å²) in [4.78, 5) is 12.0. The van der Waals surface area contributed by atoms with Crippen molar-refractivity contribution in [1.29, 1.82) is 0 Å². The maximum atomic E-state index is 13.0. The molecule has 3 rings (SSSR count). The summed E-state index contributed by atoms with van der Waals surface area (Å²) in [6, 6.07) is 18.6. The van der Waals surface area contributed by atoms with Crippen LogP contribution in [0.4, 0.5) is 14.9 Å². The van der Waals surface area contributed by atoms with Crippen molar-refractivity contribution in [2.45, 2.75) is 13.5 Å². The molecule has 2 N–H and O–H groups in total. The van der Waals surface area contributed by atoms with Crippen molar-refractivity contribution < 1.29 is 13.9 Å². The number of carbonyl (C=O) groups is 1. The van der Waals surface area contributed by atoms with Gasteiger partial charge in [0.25, 0.3) is 0 Å². The van der Waals surface area contributed by atoms with Crippen LogP contribution in [0.15, 0.2) is 76.3 Å². The fourth-order valence-electron chi connectivity index (χ4n) is 2.52. The van der Waals surface area contributed by atoms with Gasteiger partial charge in [-0.25, -0.2) is 14.6 Å². The molecule has 0 aromatic heterocycles. The molecule has 0 radical (unpaired) electrons. The molecule has 5 nitrogen and oxygen atoms in total. The third-order valence-corrected chi connectivity index (χ3v) is 4.54. The summed E-state index contributed by atoms with van der Waals surface area (Å²) in [6.45, 7) is 2.19. The molecule has 148 valence electrons. The van der Waals surface area contributed by atoms with Gasteiger partial charge in [-0.05, 0) is 54.4 Å². The van der Waals surface area contributed by atoms with Crippen LogP contribution >= 0.6 is 15.9 Å². The summed E-state index contributed by atoms with van der Waals surface area (Å²) in [5.41, 5.74) is 5.63. The van der Waals surface area contributed by atoms with Gasteiger partial charge in [0.05, 0.1) is 6.21 Å². The van der Waals surface area contributed by atoms with Crippen LogP contribution in [0.2, 0.25) is 0 Å². The van der Waals surface area contributed by atoms with Crippen molar-refractivity contribution in [2.24, 2.45) is 5.10 Å². The summed E-state index contributed by atoms with van der Waals surface area (Å²) in [6.07, 6.45) is 1.50. The van der Waals surface area contributed by atoms with Gasteiger partial charge in [0.2, 0.25) is 0 Å². The molecule has 7 heteroatoms. The van der Waals surface area contributed by atoms with Crippen molar-refractivity contribution >= 4 is 33.9 Å². The highest BCUT2D eigenvalue weighted by molar-refractivity contribution is 9.10. The molecular formula is C22H19BrFN3O2. The van der Waals surface area contributed by atoms with Gasteiger partial charge >= 0.3 is 6.03 Å². The first-order valence-corrected chi connectivity index (χ1v) is 9.63. The fraction of sp³-hybridized carbons (Fsp3) is 0.0909. The average Bonchev–Trinajstić information content (AvgIpc) is 2.70. The Labute approximate surface area is 176 Å². The van der Waals surface area contributed by atoms with Gasteiger partial charge in [-0.2, -0.15) is 5.10 Å². The molecule has 0 bridgehead atoms. The molecular weight excluding hydrogens is 437 g/mol. The van der Waals surface area contributed by atoms with Crippen LogP contribution in [0, 0.1) is 12.7 Å². The zero-order chi connectivity index (χ0) is 20.6. The first kappa shape index (κ1) is 20.5. The van der Waals surface area contributed by atoms with Gasteiger partial charge < -0.3 is 10.1 Å². The first-order valence-electron chi connectivity index (χ1n) is 8.84. The molecule has 0 fully saturated rings. The summed E-state index contributed by atoms with van der Waals surface area (Å²) < 4.78 is 19.7. The first-order chi connectivity index (χ1) is 14.0. The van der Waals surface area contributed by atoms with Crippen molar-refractivity contribution in [1.82, 2.24) is 5.43 Å². The molecule has 29 heavy (non-hydrogen) atoms. The number of anilines is 1. The van der Waals surface area contributed by atoms with Crippen molar-refractivity contribution in [2.75, 3.05) is 5.32 Å². The highest BCUT2D eigenvalue weighted by Crippen LogP contribution is 2.23. The molecule has 0 heterocycles. The summed E-state index contributed by atoms with van der Waals surface area (Å²) in [5, 5.41) is 6.74. The predicted octanol–water partition coefficient (Wildman–Crippen LogP) is 5.63. The monoisotopic (exact) mass is 455 g/mol. The van der Waals surface area contributed by atoms with E-state index in [0.717, 1.165) is 15.6 Å². The molecule has 0 atom stereocenters. The number of benzene rings is 3. The third kappa shape index (κ3) is 6.15. The smallest absolute Gasteiger partial charge is 0.339 e. The second-order valence-corrected chi connectivity index (χ2v) is 7.15. The lowest BCUT2D eigenvalue weighted by molar-refractivity contribution is 0.252. The van der Waals surface area contributed by atoms with E-state index in [1.165, 1.54) is 18.3 Å². The number of hydrogen-bond acceptors (Lipinski definition) is 3. The molecule has 0 aliphatic carbocycles. The van der Waals surface area contributed by atoms with Gasteiger partial charge in [-0.15, -0.1) is 0 Å². The zero-order valence-electron chi connectivity index (χ0n) is 15.7. The lowest BCUT2D eigenvalue weighted by Crippen LogP contribution is -2.24. The number of hydrogen-bond donors (Lipinski definition) is 2. The molecule has 0 aliphatic heterocycles. The van der Waals surface area contributed by atoms with Crippen LogP contribution in [0.25, 0.3) is 0 Å². The standard InChI is InChI=1S/C22H19BrFN3O2/c1-15-4-2-3-5-20(15)26-22(28)27-25-13-17-12-18(23)8-11-21(17)29-14-16-6-9-19(24)10-7-16/h2-13H,14H2,1H3,(H2,26,27,28). The lowest BCUT2D eigenvalue weighted by atomic mass is 10.2. The van der Waals surface area contributed by atoms with E-state index in [4.69, 9.17) is 4.74 Å². The Bertz CT molecular complexity index is 1020. The largest absolute Gasteiger partial charge is 0.488 e. The number of halogens is 2. The number of carbonyl (C=O) groups excluding carboxylic acids is 1. The number of nitrogens with zero attached hydrogens (tertiary/aromatic N) is 1. The number of amides is 2. The molecule has 2 amide bonds. The highest BCUT2D eigenvalue weighted by atomic mass is 79.9. The molecule has 0 unspecified atom stereocenters. The Balaban J connectivity index is 1.63. The Hall–Kier alpha value is -3.19. The van der Waals surface area contributed by atoms with Gasteiger partial charge in [0.15, 0.2) is 0 Å². The topological polar surface area (TPSA) is 62.7 Å². The minimum atomic E-state index is -0.445. The Morgan fingerprint density at radius 2 is 1.90 bits per heavy atom. The van der Waals surface area contributed by atoms with E-state index < -0.39 is 6.03 Å². The van der Waals surface area contributed by atoms with Crippen LogP contribution in [-0.4, -0.2) is 12.2 Å². The molecule has 3 aromatic rings. The van der Waals surface area contributed by atoms with Crippen LogP contribution in [0.3, 0.4) is 0 Å². The van der Waals surface area contributed by atoms with Gasteiger partial charge in [-0.1, -0.05) is 46.3 Å². The number of hydrazone groups is 1. The van der Waals surface area contributed by atoms with E-state index in [1.54, 1.807) is 18.2 Å². The van der Waals surface area contributed by atoms with E-state index in [9.17, 15) is 9.18 Å². The van der Waals surface area contributed by atoms with Gasteiger partial charge in [0, 0.05) is 15.7 Å². The number of para-hydroxylation sites is 1. The predicted molar refractivity (Wildman–Crippen MR) is 116 cm³/mol. The van der Waals surface area contributed by atoms with Crippen LogP contribution in [0.1, 0.15) is 16.7 Å². The summed E-state index contributed by atoms with van der Waals surface area (Å²) in [5.74, 6) is 0.294. The Kier molecular flexibility index (Phi) is 6.97. The zero-order valence-corrected chi connectivity index (χ0v) is 17.2. The number of ether oxygens (including phenoxy) is 1. The lowest BCUT2D eigenvalue weighted by Gasteiger charge is -2.10. The molecule has 0 spiro atoms. The van der Waals surface area contributed by atoms with Crippen LogP contribution < -0.4 is 15.5 Å². The molecule has 0 saturated carbocycles. The third-order valence-electron chi connectivity index (χ3n) is 4.04. The van der Waals surface area contributed by atoms with Gasteiger partial charge in [-0.3, -0.25) is 0 Å². The van der Waals surface area contributed by atoms with Crippen LogP contribution in [0.5, 0.6) is 5.75 Å². The Morgan fingerprint density at radius 3 is 2.66 bits per heavy atom. The van der Waals surface area contributed by atoms with Crippen molar-refractivity contribution in [3.8, 4) is 5.75 Å². The highest BCUT2D eigenvalue weighted by Gasteiger charge is 2.05. The normalized spacial score (nSPS) is 10.7. The number of aryl methyl sites for hydroxylation is 1. The number of nitrogens with one attached hydrogen (secondary N) is 2. The van der Waals surface area contributed by atoms with E-state index in [0.29, 0.717) is 17.0 Å². The molecule has 0 aliphatic rings. The maximum absolute atomic E-state index is 13.0. The molecule has 0 saturated heterocycles. The van der Waals surface area contributed by atoms with Crippen molar-refractivity contribution in [3.63, 3.8) is 0 Å². The van der Waals surface area contributed by atoms with Gasteiger partial charge in [0.1, 0.15) is 18.2 Å². The number of rotatable bonds is 6. The van der Waals surface area contributed by atoms with E-state index in [2.05, 4.69) is 31.8 Å². The van der Waals surface area contributed by atoms with E-state index >= 15 is 0 Å². The minimum absolute atomic E-state index is 0.282. The van der Waals surface area contributed by atoms with Crippen LogP contribution in [-0.2, 0) is 6.61 Å². The Morgan fingerprint density at radius 1 is 1.14 bits per heavy atom. The average molecular weight is 456 g/mol. The minimum Gasteiger partial charge on any atom is -0.488 e. The van der Waals surface area contributed by atoms with Crippen molar-refractivity contribution in [3.05, 3.63) is 93.7 Å². The van der Waals surface area contributed by atoms with E-state index in [1.807, 2.05) is 43.3 Å². The van der Waals surface area contributed by atoms with E-state index in [-0.39, 0.29) is 12.4 Å². The second-order valence-electron chi connectivity index (χ2n) is 6.24. The summed E-state index contributed by atoms with van der Waals surface area (Å²) in [7, 11) is 0. The maximum Gasteiger partial charge on any atom is 0.339 e. The summed E-state index contributed by atoms with van der Waals surface area (Å²) >= 11 is 3.41. The number of urea groups is 1. The fourth-order valence-corrected chi connectivity index (χ4v) is 2.90. The molecule has 3 aromatic carbocycles. The second kappa shape index (κ2) is 9.84. The quantitative estimate of drug-likeness (QED) is 0.373.